The number of nitrogens with one attached hydrogen (secondary N) is 1. The van der Waals surface area contributed by atoms with Gasteiger partial charge in [0.2, 0.25) is 0 Å². The van der Waals surface area contributed by atoms with E-state index in [1.165, 1.54) is 17.8 Å². The highest BCUT2D eigenvalue weighted by Gasteiger charge is 2.15. The summed E-state index contributed by atoms with van der Waals surface area (Å²) >= 11 is 0. The second-order valence-electron chi connectivity index (χ2n) is 4.18. The summed E-state index contributed by atoms with van der Waals surface area (Å²) in [6.07, 6.45) is 1.35. The number of nitrogens with two attached hydrogens (primary N) is 1. The second kappa shape index (κ2) is 4.22. The van der Waals surface area contributed by atoms with E-state index in [0.29, 0.717) is 5.82 Å². The van der Waals surface area contributed by atoms with Gasteiger partial charge in [0.05, 0.1) is 6.20 Å². The molecule has 2 aromatic rings. The fourth-order valence-corrected chi connectivity index (χ4v) is 1.73. The van der Waals surface area contributed by atoms with E-state index in [1.807, 2.05) is 13.8 Å². The van der Waals surface area contributed by atoms with E-state index < -0.39 is 11.2 Å². The van der Waals surface area contributed by atoms with Crippen LogP contribution in [0.1, 0.15) is 19.9 Å². The number of nitrogens with zero attached hydrogens (tertiary/aromatic N) is 4. The molecule has 0 fully saturated rings. The van der Waals surface area contributed by atoms with Gasteiger partial charge in [-0.05, 0) is 13.8 Å². The normalized spacial score (nSPS) is 11.2. The van der Waals surface area contributed by atoms with Gasteiger partial charge in [0.1, 0.15) is 0 Å². The van der Waals surface area contributed by atoms with E-state index in [-0.39, 0.29) is 17.2 Å². The van der Waals surface area contributed by atoms with Crippen molar-refractivity contribution in [1.82, 2.24) is 19.1 Å². The summed E-state index contributed by atoms with van der Waals surface area (Å²) in [6.45, 7) is 3.66. The van der Waals surface area contributed by atoms with Crippen LogP contribution in [-0.4, -0.2) is 19.1 Å². The summed E-state index contributed by atoms with van der Waals surface area (Å²) in [7, 11) is 1.42. The molecule has 8 heteroatoms. The lowest BCUT2D eigenvalue weighted by molar-refractivity contribution is 0.550. The average Bonchev–Trinajstić information content (AvgIpc) is 2.35. The van der Waals surface area contributed by atoms with E-state index in [2.05, 4.69) is 15.4 Å². The zero-order valence-corrected chi connectivity index (χ0v) is 10.3. The Labute approximate surface area is 102 Å². The molecule has 0 bridgehead atoms. The molecule has 0 aromatic carbocycles. The van der Waals surface area contributed by atoms with Gasteiger partial charge in [-0.25, -0.2) is 20.6 Å². The molecule has 0 atom stereocenters. The van der Waals surface area contributed by atoms with Crippen LogP contribution in [0.25, 0.3) is 11.2 Å². The van der Waals surface area contributed by atoms with Crippen LogP contribution in [0.4, 0.5) is 5.82 Å². The molecule has 2 heterocycles. The smallest absolute Gasteiger partial charge is 0.307 e. The van der Waals surface area contributed by atoms with Crippen LogP contribution < -0.4 is 22.5 Å². The molecule has 96 valence electrons. The van der Waals surface area contributed by atoms with Gasteiger partial charge in [0, 0.05) is 13.1 Å². The van der Waals surface area contributed by atoms with Crippen molar-refractivity contribution in [2.45, 2.75) is 19.9 Å². The van der Waals surface area contributed by atoms with Crippen molar-refractivity contribution >= 4 is 17.0 Å². The molecular weight excluding hydrogens is 236 g/mol. The third kappa shape index (κ3) is 1.66. The van der Waals surface area contributed by atoms with Crippen molar-refractivity contribution in [1.29, 1.82) is 0 Å². The molecule has 0 amide bonds. The molecule has 0 radical (unpaired) electrons. The zero-order chi connectivity index (χ0) is 13.4. The first-order chi connectivity index (χ1) is 8.47. The summed E-state index contributed by atoms with van der Waals surface area (Å²) in [5, 5.41) is 0. The first-order valence-electron chi connectivity index (χ1n) is 5.42. The summed E-state index contributed by atoms with van der Waals surface area (Å²) in [6, 6.07) is -0.144. The van der Waals surface area contributed by atoms with E-state index in [1.54, 1.807) is 0 Å². The maximum absolute atomic E-state index is 12.1. The maximum Gasteiger partial charge on any atom is 0.332 e. The maximum atomic E-state index is 12.1. The summed E-state index contributed by atoms with van der Waals surface area (Å²) in [4.78, 5) is 32.1. The minimum Gasteiger partial charge on any atom is -0.307 e. The molecule has 0 unspecified atom stereocenters. The molecule has 8 nitrogen and oxygen atoms in total. The summed E-state index contributed by atoms with van der Waals surface area (Å²) in [5.41, 5.74) is 1.82. The molecule has 0 saturated carbocycles. The van der Waals surface area contributed by atoms with Gasteiger partial charge in [0.25, 0.3) is 5.56 Å². The Hall–Kier alpha value is -2.22. The quantitative estimate of drug-likeness (QED) is 0.542. The highest BCUT2D eigenvalue weighted by Crippen LogP contribution is 2.10. The Kier molecular flexibility index (Phi) is 2.87. The Morgan fingerprint density at radius 3 is 2.61 bits per heavy atom. The number of fused-ring (bicyclic) bond motifs is 1. The molecule has 0 spiro atoms. The Morgan fingerprint density at radius 1 is 1.39 bits per heavy atom. The highest BCUT2D eigenvalue weighted by atomic mass is 16.2. The predicted molar refractivity (Wildman–Crippen MR) is 67.2 cm³/mol. The van der Waals surface area contributed by atoms with Gasteiger partial charge in [-0.2, -0.15) is 0 Å². The molecule has 3 N–H and O–H groups in total. The molecule has 0 aliphatic carbocycles. The van der Waals surface area contributed by atoms with Crippen molar-refractivity contribution in [3.8, 4) is 0 Å². The number of hydrazine groups is 1. The molecule has 0 aliphatic heterocycles. The van der Waals surface area contributed by atoms with Crippen LogP contribution in [0.15, 0.2) is 15.8 Å². The topological polar surface area (TPSA) is 108 Å². The van der Waals surface area contributed by atoms with Crippen LogP contribution >= 0.6 is 0 Å². The highest BCUT2D eigenvalue weighted by molar-refractivity contribution is 5.70. The van der Waals surface area contributed by atoms with Crippen LogP contribution in [0, 0.1) is 0 Å². The van der Waals surface area contributed by atoms with Gasteiger partial charge < -0.3 is 5.43 Å². The predicted octanol–water partition coefficient (Wildman–Crippen LogP) is -0.643. The van der Waals surface area contributed by atoms with Crippen molar-refractivity contribution in [2.75, 3.05) is 5.43 Å². The minimum atomic E-state index is -0.469. The van der Waals surface area contributed by atoms with E-state index >= 15 is 0 Å². The first-order valence-corrected chi connectivity index (χ1v) is 5.42. The monoisotopic (exact) mass is 250 g/mol. The number of aromatic nitrogens is 4. The standard InChI is InChI=1S/C10H14N6O2/c1-5(2)16-8-7(9(17)15(3)10(16)18)12-4-6(13-8)14-11/h4-5H,11H2,1-3H3,(H,13,14). The Morgan fingerprint density at radius 2 is 2.06 bits per heavy atom. The number of anilines is 1. The third-order valence-corrected chi connectivity index (χ3v) is 2.65. The van der Waals surface area contributed by atoms with Crippen LogP contribution in [0.5, 0.6) is 0 Å². The van der Waals surface area contributed by atoms with Gasteiger partial charge in [0.15, 0.2) is 17.0 Å². The SMILES string of the molecule is CC(C)n1c(=O)n(C)c(=O)c2ncc(NN)nc21. The van der Waals surface area contributed by atoms with Gasteiger partial charge in [-0.1, -0.05) is 0 Å². The Bertz CT molecular complexity index is 715. The van der Waals surface area contributed by atoms with Crippen LogP contribution in [0.2, 0.25) is 0 Å². The number of rotatable bonds is 2. The van der Waals surface area contributed by atoms with Gasteiger partial charge >= 0.3 is 5.69 Å². The molecule has 0 aliphatic rings. The number of hydrogen-bond acceptors (Lipinski definition) is 6. The molecular formula is C10H14N6O2. The fraction of sp³-hybridized carbons (Fsp3) is 0.400. The average molecular weight is 250 g/mol. The molecule has 2 rings (SSSR count). The lowest BCUT2D eigenvalue weighted by Crippen LogP contribution is -2.39. The van der Waals surface area contributed by atoms with Crippen molar-refractivity contribution in [3.05, 3.63) is 27.0 Å². The van der Waals surface area contributed by atoms with E-state index in [0.717, 1.165) is 4.57 Å². The van der Waals surface area contributed by atoms with Crippen LogP contribution in [0.3, 0.4) is 0 Å². The first kappa shape index (κ1) is 12.2. The van der Waals surface area contributed by atoms with Crippen LogP contribution in [-0.2, 0) is 7.05 Å². The van der Waals surface area contributed by atoms with E-state index in [4.69, 9.17) is 5.84 Å². The molecule has 0 saturated heterocycles. The van der Waals surface area contributed by atoms with Gasteiger partial charge in [-0.15, -0.1) is 0 Å². The zero-order valence-electron chi connectivity index (χ0n) is 10.3. The lowest BCUT2D eigenvalue weighted by atomic mass is 10.3. The third-order valence-electron chi connectivity index (χ3n) is 2.65. The van der Waals surface area contributed by atoms with Crippen molar-refractivity contribution in [3.63, 3.8) is 0 Å². The largest absolute Gasteiger partial charge is 0.332 e. The molecule has 2 aromatic heterocycles. The second-order valence-corrected chi connectivity index (χ2v) is 4.18. The van der Waals surface area contributed by atoms with Gasteiger partial charge in [-0.3, -0.25) is 13.9 Å². The summed E-state index contributed by atoms with van der Waals surface area (Å²) < 4.78 is 2.43. The number of nitrogen functional groups attached to an aromatic ring is 1. The van der Waals surface area contributed by atoms with Crippen molar-refractivity contribution in [2.24, 2.45) is 12.9 Å². The van der Waals surface area contributed by atoms with E-state index in [9.17, 15) is 9.59 Å². The minimum absolute atomic E-state index is 0.143. The fourth-order valence-electron chi connectivity index (χ4n) is 1.73. The molecule has 18 heavy (non-hydrogen) atoms. The summed E-state index contributed by atoms with van der Waals surface area (Å²) in [5.74, 6) is 5.55. The number of hydrogen-bond donors (Lipinski definition) is 2. The van der Waals surface area contributed by atoms with Crippen molar-refractivity contribution < 1.29 is 0 Å². The lowest BCUT2D eigenvalue weighted by Gasteiger charge is -2.14. The Balaban J connectivity index is 3.04.